The first-order valence-corrected chi connectivity index (χ1v) is 15.0. The van der Waals surface area contributed by atoms with E-state index in [2.05, 4.69) is 0 Å². The first-order chi connectivity index (χ1) is 22.4. The zero-order chi connectivity index (χ0) is 33.9. The van der Waals surface area contributed by atoms with Gasteiger partial charge in [-0.1, -0.05) is 0 Å². The van der Waals surface area contributed by atoms with Gasteiger partial charge in [-0.3, -0.25) is 19.2 Å². The summed E-state index contributed by atoms with van der Waals surface area (Å²) in [6.07, 6.45) is -2.42. The van der Waals surface area contributed by atoms with Crippen molar-refractivity contribution in [2.24, 2.45) is 0 Å². The number of benzene rings is 3. The van der Waals surface area contributed by atoms with Crippen molar-refractivity contribution >= 4 is 34.3 Å². The molecular weight excluding hydrogens is 612 g/mol. The Balaban J connectivity index is 1.91. The highest BCUT2D eigenvalue weighted by atomic mass is 16.6. The van der Waals surface area contributed by atoms with Gasteiger partial charge in [0.15, 0.2) is 23.8 Å². The normalized spacial score (nSPS) is 21.6. The molecular formula is C35H34O12. The van der Waals surface area contributed by atoms with Crippen molar-refractivity contribution in [2.75, 3.05) is 21.3 Å². The number of ether oxygens (including phenoxy) is 7. The van der Waals surface area contributed by atoms with Crippen molar-refractivity contribution in [2.45, 2.75) is 65.3 Å². The molecule has 246 valence electrons. The number of methoxy groups -OCH3 is 3. The third-order valence-corrected chi connectivity index (χ3v) is 8.82. The summed E-state index contributed by atoms with van der Waals surface area (Å²) in [6, 6.07) is 5.31. The number of allylic oxidation sites excluding steroid dienone is 2. The van der Waals surface area contributed by atoms with E-state index < -0.39 is 53.7 Å². The summed E-state index contributed by atoms with van der Waals surface area (Å²) >= 11 is 0. The minimum absolute atomic E-state index is 0.109. The minimum atomic E-state index is -1.12. The second-order valence-corrected chi connectivity index (χ2v) is 11.6. The van der Waals surface area contributed by atoms with Gasteiger partial charge in [0, 0.05) is 59.2 Å². The lowest BCUT2D eigenvalue weighted by Gasteiger charge is -2.38. The Hall–Kier alpha value is -4.94. The number of ketones is 2. The molecule has 1 aliphatic carbocycles. The molecule has 0 saturated heterocycles. The molecule has 1 N–H and O–H groups in total. The Morgan fingerprint density at radius 3 is 2.00 bits per heavy atom. The number of carbonyl (C=O) groups excluding carboxylic acids is 4. The van der Waals surface area contributed by atoms with Gasteiger partial charge in [-0.25, -0.2) is 0 Å². The summed E-state index contributed by atoms with van der Waals surface area (Å²) in [5, 5.41) is 12.8. The topological polar surface area (TPSA) is 153 Å². The van der Waals surface area contributed by atoms with E-state index in [0.717, 1.165) is 6.08 Å². The highest BCUT2D eigenvalue weighted by Crippen LogP contribution is 2.54. The predicted molar refractivity (Wildman–Crippen MR) is 165 cm³/mol. The molecule has 0 fully saturated rings. The molecule has 0 amide bonds. The molecule has 2 heterocycles. The number of hydrogen-bond acceptors (Lipinski definition) is 12. The maximum absolute atomic E-state index is 14.4. The predicted octanol–water partition coefficient (Wildman–Crippen LogP) is 5.18. The van der Waals surface area contributed by atoms with Crippen molar-refractivity contribution in [3.63, 3.8) is 0 Å². The van der Waals surface area contributed by atoms with Crippen LogP contribution in [0.5, 0.6) is 17.2 Å². The minimum Gasteiger partial charge on any atom is -0.507 e. The summed E-state index contributed by atoms with van der Waals surface area (Å²) in [7, 11) is 4.27. The van der Waals surface area contributed by atoms with E-state index in [0.29, 0.717) is 39.0 Å². The van der Waals surface area contributed by atoms with Gasteiger partial charge in [0.25, 0.3) is 0 Å². The van der Waals surface area contributed by atoms with Crippen molar-refractivity contribution in [3.05, 3.63) is 63.4 Å². The van der Waals surface area contributed by atoms with Crippen molar-refractivity contribution in [1.29, 1.82) is 0 Å². The van der Waals surface area contributed by atoms with Crippen LogP contribution >= 0.6 is 0 Å². The molecule has 4 atom stereocenters. The first kappa shape index (κ1) is 32.0. The number of esters is 2. The van der Waals surface area contributed by atoms with E-state index in [1.54, 1.807) is 26.0 Å². The van der Waals surface area contributed by atoms with Gasteiger partial charge < -0.3 is 38.3 Å². The SMILES string of the molecule is COC1=CC(=O)c2c(O)c3c(c(-c4c5c(cc6c(OC)cc(OC)cc46)CO[C@@H](C)[C@H]5OC(C)=O)c2C1=O)[C@H](OC(C)=O)[C@H](C)OC3. The van der Waals surface area contributed by atoms with Crippen LogP contribution in [-0.4, -0.2) is 62.1 Å². The average Bonchev–Trinajstić information content (AvgIpc) is 3.03. The maximum Gasteiger partial charge on any atom is 0.303 e. The molecule has 0 radical (unpaired) electrons. The van der Waals surface area contributed by atoms with Crippen LogP contribution in [0.2, 0.25) is 0 Å². The summed E-state index contributed by atoms with van der Waals surface area (Å²) in [5.74, 6) is -2.42. The number of phenols is 1. The van der Waals surface area contributed by atoms with E-state index >= 15 is 0 Å². The van der Waals surface area contributed by atoms with Crippen molar-refractivity contribution < 1.29 is 57.4 Å². The molecule has 2 aliphatic heterocycles. The average molecular weight is 647 g/mol. The number of rotatable bonds is 6. The molecule has 47 heavy (non-hydrogen) atoms. The highest BCUT2D eigenvalue weighted by Gasteiger charge is 2.45. The Morgan fingerprint density at radius 1 is 0.766 bits per heavy atom. The van der Waals surface area contributed by atoms with E-state index in [1.807, 2.05) is 6.07 Å². The summed E-state index contributed by atoms with van der Waals surface area (Å²) < 4.78 is 40.5. The molecule has 3 aromatic carbocycles. The lowest BCUT2D eigenvalue weighted by Crippen LogP contribution is -2.33. The van der Waals surface area contributed by atoms with E-state index in [1.165, 1.54) is 35.2 Å². The van der Waals surface area contributed by atoms with Gasteiger partial charge in [-0.2, -0.15) is 0 Å². The van der Waals surface area contributed by atoms with E-state index in [-0.39, 0.29) is 46.8 Å². The Labute approximate surface area is 270 Å². The Bertz CT molecular complexity index is 1900. The largest absolute Gasteiger partial charge is 0.507 e. The molecule has 0 saturated carbocycles. The number of phenolic OH excluding ortho intramolecular Hbond substituents is 1. The van der Waals surface area contributed by atoms with Crippen LogP contribution < -0.4 is 9.47 Å². The second-order valence-electron chi connectivity index (χ2n) is 11.6. The zero-order valence-electron chi connectivity index (χ0n) is 27.0. The molecule has 12 heteroatoms. The number of Topliss-reactive ketones (excluding diaryl/α,β-unsaturated/α-hetero) is 1. The Kier molecular flexibility index (Phi) is 8.18. The quantitative estimate of drug-likeness (QED) is 0.351. The maximum atomic E-state index is 14.4. The van der Waals surface area contributed by atoms with Crippen LogP contribution in [0.3, 0.4) is 0 Å². The number of aromatic hydroxyl groups is 1. The van der Waals surface area contributed by atoms with Crippen LogP contribution in [0.25, 0.3) is 21.9 Å². The molecule has 12 nitrogen and oxygen atoms in total. The third kappa shape index (κ3) is 5.08. The van der Waals surface area contributed by atoms with Gasteiger partial charge in [-0.15, -0.1) is 0 Å². The summed E-state index contributed by atoms with van der Waals surface area (Å²) in [4.78, 5) is 53.1. The van der Waals surface area contributed by atoms with Gasteiger partial charge in [0.05, 0.1) is 52.3 Å². The summed E-state index contributed by atoms with van der Waals surface area (Å²) in [5.41, 5.74) is 1.73. The lowest BCUT2D eigenvalue weighted by molar-refractivity contribution is -0.158. The smallest absolute Gasteiger partial charge is 0.303 e. The number of hydrogen-bond donors (Lipinski definition) is 1. The first-order valence-electron chi connectivity index (χ1n) is 15.0. The fraction of sp³-hybridized carbons (Fsp3) is 0.371. The highest BCUT2D eigenvalue weighted by molar-refractivity contribution is 6.28. The number of carbonyl (C=O) groups is 4. The van der Waals surface area contributed by atoms with Gasteiger partial charge in [-0.05, 0) is 42.5 Å². The standard InChI is InChI=1S/C35H34O12/c1-14-34(46-16(3)36)26-18(12-44-14)8-20-21(9-19(41-5)10-24(20)42-6)27(26)30-28-22(13-45-15(2)35(28)47-17(4)37)32(39)29-23(38)11-25(43-7)33(40)31(29)30/h8-11,14-15,34-35,39H,12-13H2,1-7H3/t14-,15-,34+,35+/m0/s1. The third-order valence-electron chi connectivity index (χ3n) is 8.82. The zero-order valence-corrected chi connectivity index (χ0v) is 27.0. The molecule has 3 aromatic rings. The molecule has 3 aliphatic rings. The van der Waals surface area contributed by atoms with Crippen LogP contribution in [0.15, 0.2) is 30.0 Å². The van der Waals surface area contributed by atoms with Crippen molar-refractivity contribution in [3.8, 4) is 28.4 Å². The van der Waals surface area contributed by atoms with Crippen molar-refractivity contribution in [1.82, 2.24) is 0 Å². The van der Waals surface area contributed by atoms with Crippen LogP contribution in [-0.2, 0) is 46.5 Å². The van der Waals surface area contributed by atoms with E-state index in [9.17, 15) is 24.3 Å². The molecule has 0 unspecified atom stereocenters. The van der Waals surface area contributed by atoms with Crippen LogP contribution in [0, 0.1) is 0 Å². The van der Waals surface area contributed by atoms with E-state index in [4.69, 9.17) is 33.2 Å². The fourth-order valence-electron chi connectivity index (χ4n) is 6.79. The lowest BCUT2D eigenvalue weighted by atomic mass is 9.74. The second kappa shape index (κ2) is 12.0. The molecule has 0 aromatic heterocycles. The van der Waals surface area contributed by atoms with Gasteiger partial charge >= 0.3 is 11.9 Å². The van der Waals surface area contributed by atoms with Gasteiger partial charge in [0.1, 0.15) is 17.2 Å². The van der Waals surface area contributed by atoms with Crippen LogP contribution in [0.1, 0.15) is 82.9 Å². The fourth-order valence-corrected chi connectivity index (χ4v) is 6.79. The monoisotopic (exact) mass is 646 g/mol. The Morgan fingerprint density at radius 2 is 1.40 bits per heavy atom. The molecule has 0 bridgehead atoms. The number of fused-ring (bicyclic) bond motifs is 4. The molecule has 6 rings (SSSR count). The van der Waals surface area contributed by atoms with Gasteiger partial charge in [0.2, 0.25) is 5.78 Å². The van der Waals surface area contributed by atoms with Crippen LogP contribution in [0.4, 0.5) is 0 Å². The summed E-state index contributed by atoms with van der Waals surface area (Å²) in [6.45, 7) is 5.94. The molecule has 0 spiro atoms.